The van der Waals surface area contributed by atoms with Gasteiger partial charge in [-0.25, -0.2) is 47.4 Å². The molecule has 0 spiro atoms. The molecule has 0 saturated carbocycles. The average molecular weight is 1650 g/mol. The van der Waals surface area contributed by atoms with Gasteiger partial charge in [0.2, 0.25) is 17.8 Å². The van der Waals surface area contributed by atoms with Crippen molar-refractivity contribution >= 4 is 65.7 Å². The second-order valence-corrected chi connectivity index (χ2v) is 31.5. The predicted octanol–water partition coefficient (Wildman–Crippen LogP) is 6.80. The van der Waals surface area contributed by atoms with E-state index in [-0.39, 0.29) is 39.0 Å². The Hall–Kier alpha value is -9.76. The minimum absolute atomic E-state index is 0.0426. The molecule has 8 rings (SSSR count). The van der Waals surface area contributed by atoms with Crippen molar-refractivity contribution in [2.45, 2.75) is 160 Å². The molecule has 0 aliphatic carbocycles. The third-order valence-corrected chi connectivity index (χ3v) is 20.5. The fourth-order valence-corrected chi connectivity index (χ4v) is 14.2. The van der Waals surface area contributed by atoms with Crippen LogP contribution in [0.2, 0.25) is 0 Å². The zero-order valence-corrected chi connectivity index (χ0v) is 64.0. The number of halogens is 10. The molecule has 618 valence electrons. The quantitative estimate of drug-likeness (QED) is 0.00430. The summed E-state index contributed by atoms with van der Waals surface area (Å²) in [6.07, 6.45) is -13.7. The Kier molecular flexibility index (Phi) is 28.1. The minimum atomic E-state index is -5.69. The number of aryl methyl sites for hydroxylation is 1. The maximum atomic E-state index is 16.9. The Morgan fingerprint density at radius 1 is 0.752 bits per heavy atom. The van der Waals surface area contributed by atoms with Gasteiger partial charge in [0, 0.05) is 78.0 Å². The monoisotopic (exact) mass is 1650 g/mol. The van der Waals surface area contributed by atoms with Gasteiger partial charge in [0.1, 0.15) is 47.4 Å². The lowest BCUT2D eigenvalue weighted by molar-refractivity contribution is -0.221. The predicted molar refractivity (Wildman–Crippen MR) is 377 cm³/mol. The number of esters is 2. The first-order valence-electron chi connectivity index (χ1n) is 34.5. The number of anilines is 1. The second kappa shape index (κ2) is 35.7. The van der Waals surface area contributed by atoms with E-state index in [0.29, 0.717) is 95.8 Å². The summed E-state index contributed by atoms with van der Waals surface area (Å²) in [6.45, 7) is 2.19. The Morgan fingerprint density at radius 3 is 1.81 bits per heavy atom. The Labute approximate surface area is 640 Å². The largest absolute Gasteiger partial charge is 0.524 e. The smallest absolute Gasteiger partial charge is 0.467 e. The molecule has 3 aliphatic rings. The second-order valence-electron chi connectivity index (χ2n) is 28.8. The Morgan fingerprint density at radius 2 is 1.31 bits per heavy atom. The van der Waals surface area contributed by atoms with E-state index in [0.717, 1.165) is 45.4 Å². The van der Waals surface area contributed by atoms with Crippen LogP contribution in [0.4, 0.5) is 59.4 Å². The van der Waals surface area contributed by atoms with Gasteiger partial charge >= 0.3 is 50.8 Å². The molecule has 0 radical (unpaired) electrons. The van der Waals surface area contributed by atoms with Crippen LogP contribution in [-0.4, -0.2) is 215 Å². The van der Waals surface area contributed by atoms with E-state index >= 15 is 44.7 Å². The minimum Gasteiger partial charge on any atom is -0.467 e. The highest BCUT2D eigenvalue weighted by Crippen LogP contribution is 2.47. The summed E-state index contributed by atoms with van der Waals surface area (Å²) in [5.41, 5.74) is -8.73. The van der Waals surface area contributed by atoms with Crippen LogP contribution < -0.4 is 36.1 Å². The Bertz CT molecular complexity index is 4520. The zero-order valence-electron chi connectivity index (χ0n) is 62.2. The molecule has 5 aromatic rings. The third kappa shape index (κ3) is 22.8. The van der Waals surface area contributed by atoms with Crippen molar-refractivity contribution in [2.24, 2.45) is 10.8 Å². The van der Waals surface area contributed by atoms with Crippen molar-refractivity contribution in [3.8, 4) is 28.8 Å². The summed E-state index contributed by atoms with van der Waals surface area (Å²) in [7, 11) is -8.49. The van der Waals surface area contributed by atoms with E-state index in [9.17, 15) is 60.1 Å². The molecule has 2 unspecified atom stereocenters. The average Bonchev–Trinajstić information content (AvgIpc) is 1.65. The molecule has 113 heavy (non-hydrogen) atoms. The van der Waals surface area contributed by atoms with Crippen LogP contribution >= 0.6 is 7.82 Å². The highest BCUT2D eigenvalue weighted by Gasteiger charge is 2.58. The van der Waals surface area contributed by atoms with E-state index in [1.807, 2.05) is 10.7 Å². The molecule has 3 aliphatic heterocycles. The molecule has 3 aromatic carbocycles. The summed E-state index contributed by atoms with van der Waals surface area (Å²) in [5.74, 6) is -6.87. The fourth-order valence-electron chi connectivity index (χ4n) is 13.2. The number of hydrazine groups is 1. The molecule has 2 bridgehead atoms. The number of fused-ring (bicyclic) bond motifs is 2. The van der Waals surface area contributed by atoms with Crippen molar-refractivity contribution in [1.29, 1.82) is 0 Å². The molecule has 5 heterocycles. The molecule has 3 fully saturated rings. The van der Waals surface area contributed by atoms with Crippen molar-refractivity contribution in [3.63, 3.8) is 0 Å². The summed E-state index contributed by atoms with van der Waals surface area (Å²) in [4.78, 5) is 132. The van der Waals surface area contributed by atoms with Crippen LogP contribution in [0.15, 0.2) is 73.2 Å². The van der Waals surface area contributed by atoms with Crippen LogP contribution in [0.3, 0.4) is 0 Å². The van der Waals surface area contributed by atoms with Crippen molar-refractivity contribution < 1.29 is 133 Å². The lowest BCUT2D eigenvalue weighted by atomic mass is 9.77. The summed E-state index contributed by atoms with van der Waals surface area (Å²) >= 11 is 0. The van der Waals surface area contributed by atoms with Crippen LogP contribution in [0.1, 0.15) is 106 Å². The molecule has 8 N–H and O–H groups in total. The van der Waals surface area contributed by atoms with Gasteiger partial charge in [-0.1, -0.05) is 43.9 Å². The molecule has 7 atom stereocenters. The number of hydrogen-bond donors (Lipinski definition) is 8. The highest BCUT2D eigenvalue weighted by molar-refractivity contribution is 7.85. The first kappa shape index (κ1) is 88.8. The van der Waals surface area contributed by atoms with E-state index < -0.39 is 203 Å². The number of methoxy groups -OCH3 is 3. The van der Waals surface area contributed by atoms with Gasteiger partial charge in [-0.2, -0.15) is 48.6 Å². The number of nitrogens with one attached hydrogen (secondary N) is 5. The SMILES string of the molecule is COC(=O)N[C@H](C(=O)N[C@@H](Cc1ccc(C#Cc2cnc(N3CC4CCC(C3)N4C3COC3)nc2)cc1)[C@H](CN(Cc1c(F)cc(-c2ccn(C(F)F)n2)cc1F)NC(=O)[C@@H](NC(=O)OC)C(C)(C)C(F)(F)F)OC(=O)CC(C)(C)c1c(CC(=O)N[C@@H](CS(=O)(=O)O)C(=O)OC)cc(C)cc1OP(=O)(O)O)C(C)(C)C(F)(F)F. The van der Waals surface area contributed by atoms with Crippen molar-refractivity contribution in [1.82, 2.24) is 56.4 Å². The van der Waals surface area contributed by atoms with Gasteiger partial charge in [-0.3, -0.25) is 43.8 Å². The summed E-state index contributed by atoms with van der Waals surface area (Å²) in [5, 5.41) is 12.0. The van der Waals surface area contributed by atoms with Gasteiger partial charge < -0.3 is 54.4 Å². The molecule has 5 amide bonds. The molecule has 31 nitrogen and oxygen atoms in total. The lowest BCUT2D eigenvalue weighted by Gasteiger charge is -2.47. The maximum absolute atomic E-state index is 16.9. The highest BCUT2D eigenvalue weighted by atomic mass is 32.2. The van der Waals surface area contributed by atoms with Gasteiger partial charge in [0.25, 0.3) is 16.0 Å². The van der Waals surface area contributed by atoms with Crippen LogP contribution in [0.25, 0.3) is 11.3 Å². The first-order valence-corrected chi connectivity index (χ1v) is 37.6. The standard InChI is InChI=1S/C70H83F10N12O19PS/c1-37-21-42(26-54(93)83-51(61(97)106-8)36-113(103,104)105)56(52(22-37)111-112(100,101)102)66(2,3)27-55(94)110-53(33-90(88-60(96)58(86-65(99)108-10)68(6,7)70(78,79)80)32-46-47(71)24-41(25-48(46)72)49-19-20-91(87-49)62(73)74)50(84-59(95)57(85-64(98)107-9)67(4,5)69(75,76)77)23-39-14-11-38(12-15-39)13-16-40-28-81-63(82-29-40)89-30-43-17-18-44(31-89)92(43)45-34-109-35-45/h11-12,14-15,19-22,24-25,28-29,43-45,50-51,53,57-58,62H,17-18,23,26-27,30-36H2,1-10H3,(H,83,93)(H,84,95)(H,85,98)(H,86,99)(H,88,96)(H2,100,101,102)(H,103,104,105)/t43?,44?,50-,51-,53-,57+,58+/m0/s1. The van der Waals surface area contributed by atoms with E-state index in [2.05, 4.69) is 61.6 Å². The van der Waals surface area contributed by atoms with E-state index in [1.165, 1.54) is 63.5 Å². The number of aromatic nitrogens is 4. The number of alkyl halides is 8. The van der Waals surface area contributed by atoms with E-state index in [1.54, 1.807) is 5.32 Å². The summed E-state index contributed by atoms with van der Waals surface area (Å²) in [6, 6.07) is 0.969. The molecule has 43 heteroatoms. The number of rotatable bonds is 31. The van der Waals surface area contributed by atoms with E-state index in [4.69, 9.17) is 14.0 Å². The van der Waals surface area contributed by atoms with Gasteiger partial charge in [0.05, 0.1) is 88.1 Å². The lowest BCUT2D eigenvalue weighted by Crippen LogP contribution is -2.64. The molecule has 3 saturated heterocycles. The number of phosphoric acid groups is 1. The maximum Gasteiger partial charge on any atom is 0.524 e. The molecular weight excluding hydrogens is 1570 g/mol. The third-order valence-electron chi connectivity index (χ3n) is 19.3. The number of hydrogen-bond acceptors (Lipinski definition) is 22. The number of carbonyl (C=O) groups is 7. The van der Waals surface area contributed by atoms with Crippen molar-refractivity contribution in [2.75, 3.05) is 64.8 Å². The number of carbonyl (C=O) groups excluding carboxylic acids is 7. The number of benzene rings is 3. The number of amides is 5. The Balaban J connectivity index is 1.28. The summed E-state index contributed by atoms with van der Waals surface area (Å²) < 4.78 is 229. The molecular formula is C70H83F10N12O19PS. The first-order chi connectivity index (χ1) is 52.5. The number of nitrogens with zero attached hydrogens (tertiary/aromatic N) is 7. The normalized spacial score (nSPS) is 17.1. The van der Waals surface area contributed by atoms with Crippen LogP contribution in [-0.2, 0) is 87.1 Å². The van der Waals surface area contributed by atoms with Crippen molar-refractivity contribution in [3.05, 3.63) is 124 Å². The van der Waals surface area contributed by atoms with Crippen LogP contribution in [0, 0.1) is 41.2 Å². The fraction of sp³-hybridized carbons (Fsp3) is 0.514. The van der Waals surface area contributed by atoms with Gasteiger partial charge in [-0.15, -0.1) is 0 Å². The molecule has 2 aromatic heterocycles. The number of alkyl carbamates (subject to hydrolysis) is 2. The van der Waals surface area contributed by atoms with Gasteiger partial charge in [-0.05, 0) is 107 Å². The van der Waals surface area contributed by atoms with Crippen LogP contribution in [0.5, 0.6) is 5.75 Å². The topological polar surface area (TPSA) is 400 Å². The number of phosphoric ester groups is 1. The zero-order chi connectivity index (χ0) is 83.8. The number of piperazine rings is 1. The number of ether oxygens (including phenoxy) is 5. The van der Waals surface area contributed by atoms with Gasteiger partial charge in [0.15, 0.2) is 0 Å².